The molecule has 1 aliphatic rings. The third-order valence-corrected chi connectivity index (χ3v) is 5.39. The van der Waals surface area contributed by atoms with Gasteiger partial charge < -0.3 is 5.73 Å². The second-order valence-electron chi connectivity index (χ2n) is 7.11. The summed E-state index contributed by atoms with van der Waals surface area (Å²) < 4.78 is 0. The summed E-state index contributed by atoms with van der Waals surface area (Å²) in [6.07, 6.45) is 19.6. The molecule has 2 nitrogen and oxygen atoms in total. The molecule has 0 amide bonds. The van der Waals surface area contributed by atoms with E-state index >= 15 is 0 Å². The highest BCUT2D eigenvalue weighted by Gasteiger charge is 2.22. The van der Waals surface area contributed by atoms with E-state index in [1.54, 1.807) is 0 Å². The van der Waals surface area contributed by atoms with Crippen LogP contribution in [0.3, 0.4) is 0 Å². The minimum atomic E-state index is 0.615. The van der Waals surface area contributed by atoms with Crippen molar-refractivity contribution in [2.75, 3.05) is 13.6 Å². The Morgan fingerprint density at radius 3 is 2.05 bits per heavy atom. The van der Waals surface area contributed by atoms with Gasteiger partial charge in [0.2, 0.25) is 0 Å². The van der Waals surface area contributed by atoms with Crippen molar-refractivity contribution in [3.63, 3.8) is 0 Å². The number of hydrogen-bond acceptors (Lipinski definition) is 2. The molecule has 1 fully saturated rings. The van der Waals surface area contributed by atoms with Crippen LogP contribution in [0.25, 0.3) is 0 Å². The average Bonchev–Trinajstić information content (AvgIpc) is 2.79. The minimum Gasteiger partial charge on any atom is -0.329 e. The van der Waals surface area contributed by atoms with Crippen LogP contribution in [-0.2, 0) is 0 Å². The van der Waals surface area contributed by atoms with Crippen molar-refractivity contribution in [3.8, 4) is 0 Å². The van der Waals surface area contributed by atoms with Crippen LogP contribution in [0.5, 0.6) is 0 Å². The molecule has 0 spiro atoms. The van der Waals surface area contributed by atoms with Gasteiger partial charge in [0.25, 0.3) is 0 Å². The predicted molar refractivity (Wildman–Crippen MR) is 94.7 cm³/mol. The monoisotopic (exact) mass is 296 g/mol. The smallest absolute Gasteiger partial charge is 0.0218 e. The third-order valence-electron chi connectivity index (χ3n) is 5.39. The number of rotatable bonds is 11. The summed E-state index contributed by atoms with van der Waals surface area (Å²) in [7, 11) is 2.33. The molecule has 1 rings (SSSR count). The van der Waals surface area contributed by atoms with Crippen molar-refractivity contribution in [2.24, 2.45) is 5.73 Å². The van der Waals surface area contributed by atoms with Crippen molar-refractivity contribution in [1.82, 2.24) is 4.90 Å². The van der Waals surface area contributed by atoms with Gasteiger partial charge in [-0.15, -0.1) is 0 Å². The van der Waals surface area contributed by atoms with E-state index in [4.69, 9.17) is 5.73 Å². The molecule has 0 aliphatic heterocycles. The molecule has 126 valence electrons. The second kappa shape index (κ2) is 12.5. The quantitative estimate of drug-likeness (QED) is 0.424. The highest BCUT2D eigenvalue weighted by Crippen LogP contribution is 2.23. The maximum atomic E-state index is 6.06. The van der Waals surface area contributed by atoms with Crippen molar-refractivity contribution in [2.45, 2.75) is 109 Å². The van der Waals surface area contributed by atoms with E-state index < -0.39 is 0 Å². The van der Waals surface area contributed by atoms with Gasteiger partial charge in [0, 0.05) is 18.6 Å². The number of nitrogens with zero attached hydrogens (tertiary/aromatic N) is 1. The van der Waals surface area contributed by atoms with Crippen LogP contribution >= 0.6 is 0 Å². The molecule has 21 heavy (non-hydrogen) atoms. The fourth-order valence-electron chi connectivity index (χ4n) is 3.79. The van der Waals surface area contributed by atoms with Crippen molar-refractivity contribution in [1.29, 1.82) is 0 Å². The second-order valence-corrected chi connectivity index (χ2v) is 7.11. The Morgan fingerprint density at radius 2 is 1.48 bits per heavy atom. The average molecular weight is 297 g/mol. The Kier molecular flexibility index (Phi) is 11.3. The van der Waals surface area contributed by atoms with Crippen LogP contribution in [-0.4, -0.2) is 30.6 Å². The van der Waals surface area contributed by atoms with Gasteiger partial charge in [0.1, 0.15) is 0 Å². The first kappa shape index (κ1) is 19.0. The van der Waals surface area contributed by atoms with E-state index in [2.05, 4.69) is 18.9 Å². The SMILES string of the molecule is CCCCCCCCCC(CN)N(C)C1CCCCCC1. The van der Waals surface area contributed by atoms with Crippen molar-refractivity contribution < 1.29 is 0 Å². The minimum absolute atomic E-state index is 0.615. The Bertz CT molecular complexity index is 222. The number of unbranched alkanes of at least 4 members (excludes halogenated alkanes) is 6. The Balaban J connectivity index is 2.17. The van der Waals surface area contributed by atoms with Gasteiger partial charge in [0.15, 0.2) is 0 Å². The van der Waals surface area contributed by atoms with E-state index in [1.807, 2.05) is 0 Å². The molecule has 0 aromatic heterocycles. The molecule has 1 atom stereocenters. The lowest BCUT2D eigenvalue weighted by Crippen LogP contribution is -2.44. The fourth-order valence-corrected chi connectivity index (χ4v) is 3.79. The highest BCUT2D eigenvalue weighted by molar-refractivity contribution is 4.79. The molecule has 1 saturated carbocycles. The summed E-state index contributed by atoms with van der Waals surface area (Å²) in [4.78, 5) is 2.63. The van der Waals surface area contributed by atoms with Gasteiger partial charge >= 0.3 is 0 Å². The topological polar surface area (TPSA) is 29.3 Å². The van der Waals surface area contributed by atoms with Gasteiger partial charge in [-0.05, 0) is 26.3 Å². The third kappa shape index (κ3) is 8.21. The summed E-state index contributed by atoms with van der Waals surface area (Å²) in [5, 5.41) is 0. The van der Waals surface area contributed by atoms with Crippen molar-refractivity contribution >= 4 is 0 Å². The van der Waals surface area contributed by atoms with Crippen LogP contribution in [0, 0.1) is 0 Å². The molecule has 1 aliphatic carbocycles. The van der Waals surface area contributed by atoms with Gasteiger partial charge in [-0.3, -0.25) is 4.90 Å². The lowest BCUT2D eigenvalue weighted by atomic mass is 10.0. The highest BCUT2D eigenvalue weighted by atomic mass is 15.2. The van der Waals surface area contributed by atoms with Crippen LogP contribution < -0.4 is 5.73 Å². The van der Waals surface area contributed by atoms with Gasteiger partial charge in [-0.25, -0.2) is 0 Å². The molecule has 0 aromatic carbocycles. The Labute approximate surface area is 133 Å². The van der Waals surface area contributed by atoms with Crippen LogP contribution in [0.4, 0.5) is 0 Å². The molecule has 2 N–H and O–H groups in total. The van der Waals surface area contributed by atoms with Crippen molar-refractivity contribution in [3.05, 3.63) is 0 Å². The Hall–Kier alpha value is -0.0800. The maximum Gasteiger partial charge on any atom is 0.0218 e. The van der Waals surface area contributed by atoms with E-state index in [-0.39, 0.29) is 0 Å². The zero-order chi connectivity index (χ0) is 15.3. The summed E-state index contributed by atoms with van der Waals surface area (Å²) in [6, 6.07) is 1.41. The maximum absolute atomic E-state index is 6.06. The van der Waals surface area contributed by atoms with Gasteiger partial charge in [-0.1, -0.05) is 77.6 Å². The zero-order valence-corrected chi connectivity index (χ0v) is 14.8. The van der Waals surface area contributed by atoms with Crippen LogP contribution in [0.1, 0.15) is 96.8 Å². The molecule has 0 aromatic rings. The van der Waals surface area contributed by atoms with Gasteiger partial charge in [0.05, 0.1) is 0 Å². The summed E-state index contributed by atoms with van der Waals surface area (Å²) in [6.45, 7) is 3.12. The largest absolute Gasteiger partial charge is 0.329 e. The van der Waals surface area contributed by atoms with E-state index in [9.17, 15) is 0 Å². The molecule has 2 heteroatoms. The lowest BCUT2D eigenvalue weighted by molar-refractivity contribution is 0.151. The molecule has 0 heterocycles. The van der Waals surface area contributed by atoms with E-state index in [0.29, 0.717) is 6.04 Å². The van der Waals surface area contributed by atoms with E-state index in [0.717, 1.165) is 12.6 Å². The van der Waals surface area contributed by atoms with Crippen LogP contribution in [0.2, 0.25) is 0 Å². The zero-order valence-electron chi connectivity index (χ0n) is 14.8. The normalized spacial score (nSPS) is 18.9. The van der Waals surface area contributed by atoms with Crippen LogP contribution in [0.15, 0.2) is 0 Å². The molecule has 0 saturated heterocycles. The predicted octanol–water partition coefficient (Wildman–Crippen LogP) is 5.11. The Morgan fingerprint density at radius 1 is 0.905 bits per heavy atom. The summed E-state index contributed by atoms with van der Waals surface area (Å²) >= 11 is 0. The number of nitrogens with two attached hydrogens (primary N) is 1. The fraction of sp³-hybridized carbons (Fsp3) is 1.00. The van der Waals surface area contributed by atoms with E-state index in [1.165, 1.54) is 89.9 Å². The first-order valence-corrected chi connectivity index (χ1v) is 9.71. The summed E-state index contributed by atoms with van der Waals surface area (Å²) in [5.74, 6) is 0. The molecular formula is C19H40N2. The molecular weight excluding hydrogens is 256 g/mol. The number of likely N-dealkylation sites (N-methyl/N-ethyl adjacent to an activating group) is 1. The molecule has 0 radical (unpaired) electrons. The lowest BCUT2D eigenvalue weighted by Gasteiger charge is -2.34. The molecule has 1 unspecified atom stereocenters. The molecule has 0 bridgehead atoms. The standard InChI is InChI=1S/C19H40N2/c1-3-4-5-6-7-8-13-16-19(17-20)21(2)18-14-11-9-10-12-15-18/h18-19H,3-17,20H2,1-2H3. The first-order valence-electron chi connectivity index (χ1n) is 9.71. The van der Waals surface area contributed by atoms with Gasteiger partial charge in [-0.2, -0.15) is 0 Å². The first-order chi connectivity index (χ1) is 10.3. The summed E-state index contributed by atoms with van der Waals surface area (Å²) in [5.41, 5.74) is 6.06. The number of hydrogen-bond donors (Lipinski definition) is 1.